The maximum absolute atomic E-state index is 13.1. The van der Waals surface area contributed by atoms with Crippen molar-refractivity contribution in [1.82, 2.24) is 0 Å². The quantitative estimate of drug-likeness (QED) is 0.327. The molecule has 1 nitrogen and oxygen atoms in total. The van der Waals surface area contributed by atoms with E-state index in [1.54, 1.807) is 18.2 Å². The highest BCUT2D eigenvalue weighted by molar-refractivity contribution is 7.99. The number of halogens is 6. The van der Waals surface area contributed by atoms with Crippen LogP contribution in [0.2, 0.25) is 0 Å². The molecule has 0 N–H and O–H groups in total. The molecule has 0 amide bonds. The van der Waals surface area contributed by atoms with Crippen molar-refractivity contribution in [2.45, 2.75) is 22.1 Å². The molecule has 0 fully saturated rings. The second-order valence-corrected chi connectivity index (χ2v) is 8.19. The Bertz CT molecular complexity index is 1100. The maximum Gasteiger partial charge on any atom is 0.416 e. The van der Waals surface area contributed by atoms with Gasteiger partial charge in [0.2, 0.25) is 0 Å². The van der Waals surface area contributed by atoms with Crippen molar-refractivity contribution in [2.75, 3.05) is 0 Å². The number of fused-ring (bicyclic) bond motifs is 2. The fraction of sp³-hybridized carbons (Fsp3) is 0.0952. The molecule has 0 bridgehead atoms. The fourth-order valence-corrected chi connectivity index (χ4v) is 4.90. The molecule has 1 radical (unpaired) electrons. The van der Waals surface area contributed by atoms with Crippen LogP contribution in [-0.4, -0.2) is 5.78 Å². The Balaban J connectivity index is 1.84. The Labute approximate surface area is 165 Å². The summed E-state index contributed by atoms with van der Waals surface area (Å²) >= 11 is -0.507. The summed E-state index contributed by atoms with van der Waals surface area (Å²) in [7, 11) is 0. The zero-order valence-electron chi connectivity index (χ0n) is 14.5. The van der Waals surface area contributed by atoms with Gasteiger partial charge in [0.1, 0.15) is 0 Å². The summed E-state index contributed by atoms with van der Waals surface area (Å²) in [6.45, 7) is 0. The Hall–Kier alpha value is -2.74. The number of carbonyl (C=O) groups is 1. The highest BCUT2D eigenvalue weighted by Crippen LogP contribution is 2.43. The van der Waals surface area contributed by atoms with Gasteiger partial charge < -0.3 is 0 Å². The summed E-state index contributed by atoms with van der Waals surface area (Å²) in [5, 5.41) is 0. The molecule has 1 aliphatic rings. The predicted molar refractivity (Wildman–Crippen MR) is 100 cm³/mol. The van der Waals surface area contributed by atoms with Crippen LogP contribution in [0, 0.1) is 0 Å². The van der Waals surface area contributed by atoms with Gasteiger partial charge in [-0.05, 0) is 57.3 Å². The first-order valence-electron chi connectivity index (χ1n) is 8.46. The average molecular weight is 427 g/mol. The zero-order chi connectivity index (χ0) is 21.0. The molecule has 0 aliphatic carbocycles. The molecule has 1 aliphatic heterocycles. The predicted octanol–water partition coefficient (Wildman–Crippen LogP) is 6.28. The lowest BCUT2D eigenvalue weighted by molar-refractivity contribution is -0.143. The minimum atomic E-state index is -4.91. The van der Waals surface area contributed by atoms with Gasteiger partial charge in [-0.25, -0.2) is 11.8 Å². The third-order valence-electron chi connectivity index (χ3n) is 4.73. The van der Waals surface area contributed by atoms with Crippen molar-refractivity contribution in [2.24, 2.45) is 0 Å². The monoisotopic (exact) mass is 427 g/mol. The number of ketones is 1. The molecular formula is C21H13F6OS. The van der Waals surface area contributed by atoms with Crippen molar-refractivity contribution in [3.05, 3.63) is 82.9 Å². The van der Waals surface area contributed by atoms with Crippen LogP contribution >= 0.6 is 11.8 Å². The number of benzene rings is 3. The van der Waals surface area contributed by atoms with Crippen LogP contribution in [0.4, 0.5) is 26.3 Å². The molecule has 0 atom stereocenters. The molecule has 0 spiro atoms. The smallest absolute Gasteiger partial charge is 0.289 e. The van der Waals surface area contributed by atoms with Gasteiger partial charge in [0.15, 0.2) is 5.78 Å². The third-order valence-corrected chi connectivity index (χ3v) is 6.34. The molecule has 0 aromatic heterocycles. The summed E-state index contributed by atoms with van der Waals surface area (Å²) in [5.41, 5.74) is -1.70. The van der Waals surface area contributed by atoms with Crippen LogP contribution in [0.15, 0.2) is 70.5 Å². The van der Waals surface area contributed by atoms with Crippen LogP contribution in [0.25, 0.3) is 11.1 Å². The van der Waals surface area contributed by atoms with Crippen LogP contribution < -0.4 is 0 Å². The van der Waals surface area contributed by atoms with Gasteiger partial charge in [0.05, 0.1) is 11.1 Å². The lowest BCUT2D eigenvalue weighted by Gasteiger charge is -2.21. The molecule has 151 valence electrons. The van der Waals surface area contributed by atoms with Crippen LogP contribution in [0.1, 0.15) is 27.0 Å². The maximum atomic E-state index is 13.1. The first kappa shape index (κ1) is 19.6. The number of rotatable bonds is 1. The Morgan fingerprint density at radius 2 is 1.21 bits per heavy atom. The molecule has 4 rings (SSSR count). The summed E-state index contributed by atoms with van der Waals surface area (Å²) < 4.78 is 78.8. The van der Waals surface area contributed by atoms with Crippen LogP contribution in [0.5, 0.6) is 0 Å². The first-order valence-corrected chi connectivity index (χ1v) is 9.62. The van der Waals surface area contributed by atoms with Gasteiger partial charge >= 0.3 is 12.4 Å². The van der Waals surface area contributed by atoms with E-state index in [1.165, 1.54) is 18.2 Å². The Morgan fingerprint density at radius 1 is 0.621 bits per heavy atom. The normalized spacial score (nSPS) is 14.1. The molecule has 0 saturated heterocycles. The molecule has 0 saturated carbocycles. The van der Waals surface area contributed by atoms with Gasteiger partial charge in [-0.1, -0.05) is 24.3 Å². The van der Waals surface area contributed by atoms with Crippen molar-refractivity contribution in [3.8, 4) is 11.1 Å². The topological polar surface area (TPSA) is 17.1 Å². The highest BCUT2D eigenvalue weighted by Gasteiger charge is 2.37. The van der Waals surface area contributed by atoms with E-state index in [2.05, 4.69) is 0 Å². The van der Waals surface area contributed by atoms with Crippen molar-refractivity contribution < 1.29 is 31.1 Å². The molecule has 29 heavy (non-hydrogen) atoms. The summed E-state index contributed by atoms with van der Waals surface area (Å²) in [4.78, 5) is 14.1. The van der Waals surface area contributed by atoms with Crippen molar-refractivity contribution in [3.63, 3.8) is 0 Å². The summed E-state index contributed by atoms with van der Waals surface area (Å²) in [5.74, 6) is -0.194. The van der Waals surface area contributed by atoms with Crippen LogP contribution in [0.3, 0.4) is 0 Å². The Morgan fingerprint density at radius 3 is 1.83 bits per heavy atom. The SMILES string of the molecule is O=C1c2ccccc2[SH3]c2cc(-c3cc(C(F)(F)F)cc(C(F)(F)F)c3)ccc21. The van der Waals surface area contributed by atoms with E-state index in [-0.39, 0.29) is 23.0 Å². The minimum Gasteiger partial charge on any atom is -0.289 e. The first-order chi connectivity index (χ1) is 13.5. The largest absolute Gasteiger partial charge is 0.416 e. The average Bonchev–Trinajstić information content (AvgIpc) is 2.66. The van der Waals surface area contributed by atoms with Crippen LogP contribution in [-0.2, 0) is 12.4 Å². The lowest BCUT2D eigenvalue weighted by atomic mass is 9.96. The fourth-order valence-electron chi connectivity index (χ4n) is 3.33. The third kappa shape index (κ3) is 3.64. The molecular weight excluding hydrogens is 414 g/mol. The molecule has 8 heteroatoms. The number of alkyl halides is 6. The number of carbonyl (C=O) groups excluding carboxylic acids is 1. The standard InChI is InChI=1S/C21H13F6OS/c22-20(23,24)13-7-12(8-14(10-13)21(25,26)27)11-5-6-16-18(9-11)29-17-4-2-1-3-15(17)19(16)28/h1-10H,29H3. The summed E-state index contributed by atoms with van der Waals surface area (Å²) in [6, 6.07) is 12.9. The number of hydrogen-bond donors (Lipinski definition) is 0. The Kier molecular flexibility index (Phi) is 4.49. The van der Waals surface area contributed by atoms with E-state index in [0.717, 1.165) is 4.90 Å². The lowest BCUT2D eigenvalue weighted by Crippen LogP contribution is -2.11. The molecule has 0 unspecified atom stereocenters. The molecule has 3 aromatic carbocycles. The van der Waals surface area contributed by atoms with Gasteiger partial charge in [0.25, 0.3) is 0 Å². The van der Waals surface area contributed by atoms with E-state index in [9.17, 15) is 31.1 Å². The van der Waals surface area contributed by atoms with Crippen molar-refractivity contribution in [1.29, 1.82) is 0 Å². The van der Waals surface area contributed by atoms with E-state index >= 15 is 0 Å². The second-order valence-electron chi connectivity index (χ2n) is 6.66. The zero-order valence-corrected chi connectivity index (χ0v) is 15.7. The van der Waals surface area contributed by atoms with Gasteiger partial charge in [0, 0.05) is 11.1 Å². The molecule has 1 heterocycles. The van der Waals surface area contributed by atoms with E-state index < -0.39 is 35.2 Å². The van der Waals surface area contributed by atoms with Crippen molar-refractivity contribution >= 4 is 17.5 Å². The second kappa shape index (κ2) is 6.66. The van der Waals surface area contributed by atoms with E-state index in [0.29, 0.717) is 28.2 Å². The van der Waals surface area contributed by atoms with Gasteiger partial charge in [-0.2, -0.15) is 26.3 Å². The van der Waals surface area contributed by atoms with Gasteiger partial charge in [-0.15, -0.1) is 0 Å². The highest BCUT2D eigenvalue weighted by atomic mass is 32.2. The summed E-state index contributed by atoms with van der Waals surface area (Å²) in [6.07, 6.45) is -9.82. The van der Waals surface area contributed by atoms with E-state index in [1.807, 2.05) is 6.07 Å². The molecule has 3 aromatic rings. The van der Waals surface area contributed by atoms with E-state index in [4.69, 9.17) is 0 Å². The minimum absolute atomic E-state index is 0.104. The number of hydrogen-bond acceptors (Lipinski definition) is 1. The van der Waals surface area contributed by atoms with Gasteiger partial charge in [-0.3, -0.25) is 4.79 Å².